The molecule has 0 heterocycles. The molecule has 1 atom stereocenters. The van der Waals surface area contributed by atoms with E-state index in [-0.39, 0.29) is 19.1 Å². The van der Waals surface area contributed by atoms with Crippen molar-refractivity contribution in [2.24, 2.45) is 0 Å². The predicted molar refractivity (Wildman–Crippen MR) is 126 cm³/mol. The molecule has 0 spiro atoms. The molecule has 1 aliphatic carbocycles. The second kappa shape index (κ2) is 9.77. The topological polar surface area (TPSA) is 76.1 Å². The molecular formula is C27H27NO5. The lowest BCUT2D eigenvalue weighted by Gasteiger charge is -2.25. The summed E-state index contributed by atoms with van der Waals surface area (Å²) in [5, 5.41) is 9.68. The van der Waals surface area contributed by atoms with Crippen molar-refractivity contribution in [2.75, 3.05) is 20.3 Å². The van der Waals surface area contributed by atoms with Crippen LogP contribution in [0.4, 0.5) is 4.79 Å². The average molecular weight is 446 g/mol. The van der Waals surface area contributed by atoms with Crippen LogP contribution in [-0.4, -0.2) is 48.4 Å². The highest BCUT2D eigenvalue weighted by Gasteiger charge is 2.32. The van der Waals surface area contributed by atoms with Crippen molar-refractivity contribution in [3.05, 3.63) is 89.5 Å². The smallest absolute Gasteiger partial charge is 0.410 e. The maximum atomic E-state index is 12.8. The molecule has 0 saturated carbocycles. The highest BCUT2D eigenvalue weighted by atomic mass is 16.6. The third-order valence-corrected chi connectivity index (χ3v) is 6.09. The zero-order chi connectivity index (χ0) is 23.4. The number of carboxylic acid groups (broad SMARTS) is 1. The quantitative estimate of drug-likeness (QED) is 0.530. The van der Waals surface area contributed by atoms with Gasteiger partial charge >= 0.3 is 12.1 Å². The second-order valence-corrected chi connectivity index (χ2v) is 8.08. The van der Waals surface area contributed by atoms with Gasteiger partial charge in [-0.3, -0.25) is 4.90 Å². The van der Waals surface area contributed by atoms with Gasteiger partial charge in [-0.1, -0.05) is 67.6 Å². The van der Waals surface area contributed by atoms with Crippen LogP contribution in [0.2, 0.25) is 0 Å². The van der Waals surface area contributed by atoms with E-state index in [9.17, 15) is 14.7 Å². The molecule has 3 aromatic carbocycles. The summed E-state index contributed by atoms with van der Waals surface area (Å²) in [6, 6.07) is 22.4. The van der Waals surface area contributed by atoms with Crippen molar-refractivity contribution in [3.63, 3.8) is 0 Å². The van der Waals surface area contributed by atoms with E-state index in [2.05, 4.69) is 12.1 Å². The lowest BCUT2D eigenvalue weighted by Crippen LogP contribution is -2.46. The summed E-state index contributed by atoms with van der Waals surface area (Å²) in [6.07, 6.45) is 0.148. The lowest BCUT2D eigenvalue weighted by molar-refractivity contribution is -0.143. The highest BCUT2D eigenvalue weighted by molar-refractivity contribution is 5.81. The van der Waals surface area contributed by atoms with Crippen molar-refractivity contribution in [1.82, 2.24) is 4.90 Å². The molecule has 0 fully saturated rings. The van der Waals surface area contributed by atoms with Crippen LogP contribution in [0, 0.1) is 0 Å². The van der Waals surface area contributed by atoms with Gasteiger partial charge in [0, 0.05) is 13.0 Å². The van der Waals surface area contributed by atoms with Crippen molar-refractivity contribution in [1.29, 1.82) is 0 Å². The van der Waals surface area contributed by atoms with Crippen LogP contribution in [0.5, 0.6) is 5.75 Å². The van der Waals surface area contributed by atoms with E-state index in [0.29, 0.717) is 5.75 Å². The number of likely N-dealkylation sites (N-methyl/N-ethyl adjacent to an activating group) is 1. The summed E-state index contributed by atoms with van der Waals surface area (Å²) >= 11 is 0. The lowest BCUT2D eigenvalue weighted by atomic mass is 9.98. The minimum absolute atomic E-state index is 0.0916. The van der Waals surface area contributed by atoms with Crippen LogP contribution in [0.1, 0.15) is 29.5 Å². The summed E-state index contributed by atoms with van der Waals surface area (Å²) in [4.78, 5) is 25.7. The molecule has 33 heavy (non-hydrogen) atoms. The van der Waals surface area contributed by atoms with Gasteiger partial charge in [-0.25, -0.2) is 9.59 Å². The SMILES string of the molecule is CCc1cccc(OC[C@@H](C(=O)O)N(C)C(=O)OCC2c3ccccc3-c3ccccc32)c1. The molecule has 1 aliphatic rings. The molecule has 1 N–H and O–H groups in total. The van der Waals surface area contributed by atoms with Crippen LogP contribution in [0.25, 0.3) is 11.1 Å². The Morgan fingerprint density at radius 1 is 0.970 bits per heavy atom. The van der Waals surface area contributed by atoms with Gasteiger partial charge in [0.1, 0.15) is 19.0 Å². The number of hydrogen-bond acceptors (Lipinski definition) is 4. The minimum Gasteiger partial charge on any atom is -0.491 e. The van der Waals surface area contributed by atoms with Gasteiger partial charge in [0.2, 0.25) is 0 Å². The Hall–Kier alpha value is -3.80. The molecule has 0 radical (unpaired) electrons. The minimum atomic E-state index is -1.18. The van der Waals surface area contributed by atoms with Gasteiger partial charge in [0.05, 0.1) is 0 Å². The van der Waals surface area contributed by atoms with E-state index in [4.69, 9.17) is 9.47 Å². The highest BCUT2D eigenvalue weighted by Crippen LogP contribution is 2.44. The monoisotopic (exact) mass is 445 g/mol. The van der Waals surface area contributed by atoms with E-state index in [0.717, 1.165) is 39.1 Å². The Morgan fingerprint density at radius 2 is 1.61 bits per heavy atom. The number of rotatable bonds is 8. The summed E-state index contributed by atoms with van der Waals surface area (Å²) in [5.41, 5.74) is 5.55. The first kappa shape index (κ1) is 22.4. The molecular weight excluding hydrogens is 418 g/mol. The van der Waals surface area contributed by atoms with Crippen molar-refractivity contribution in [2.45, 2.75) is 25.3 Å². The molecule has 0 bridgehead atoms. The van der Waals surface area contributed by atoms with Crippen LogP contribution in [0.3, 0.4) is 0 Å². The number of nitrogens with zero attached hydrogens (tertiary/aromatic N) is 1. The zero-order valence-corrected chi connectivity index (χ0v) is 18.7. The maximum Gasteiger partial charge on any atom is 0.410 e. The fourth-order valence-electron chi connectivity index (χ4n) is 4.20. The summed E-state index contributed by atoms with van der Waals surface area (Å²) in [5.74, 6) is -0.676. The van der Waals surface area contributed by atoms with Gasteiger partial charge in [-0.05, 0) is 46.4 Å². The molecule has 1 amide bonds. The number of carbonyl (C=O) groups is 2. The number of hydrogen-bond donors (Lipinski definition) is 1. The fraction of sp³-hybridized carbons (Fsp3) is 0.259. The molecule has 6 heteroatoms. The number of carbonyl (C=O) groups excluding carboxylic acids is 1. The van der Waals surface area contributed by atoms with E-state index >= 15 is 0 Å². The van der Waals surface area contributed by atoms with E-state index in [1.165, 1.54) is 7.05 Å². The Balaban J connectivity index is 1.42. The van der Waals surface area contributed by atoms with Crippen molar-refractivity contribution < 1.29 is 24.2 Å². The summed E-state index contributed by atoms with van der Waals surface area (Å²) < 4.78 is 11.3. The number of carboxylic acids is 1. The third kappa shape index (κ3) is 4.70. The first-order valence-corrected chi connectivity index (χ1v) is 11.0. The number of aliphatic carboxylic acids is 1. The molecule has 170 valence electrons. The third-order valence-electron chi connectivity index (χ3n) is 6.09. The van der Waals surface area contributed by atoms with Gasteiger partial charge in [0.25, 0.3) is 0 Å². The fourth-order valence-corrected chi connectivity index (χ4v) is 4.20. The first-order chi connectivity index (χ1) is 16.0. The summed E-state index contributed by atoms with van der Waals surface area (Å²) in [7, 11) is 1.42. The Kier molecular flexibility index (Phi) is 6.63. The van der Waals surface area contributed by atoms with Crippen LogP contribution in [0.15, 0.2) is 72.8 Å². The average Bonchev–Trinajstić information content (AvgIpc) is 3.16. The van der Waals surface area contributed by atoms with Crippen molar-refractivity contribution in [3.8, 4) is 16.9 Å². The van der Waals surface area contributed by atoms with E-state index in [1.807, 2.05) is 61.5 Å². The number of ether oxygens (including phenoxy) is 2. The molecule has 0 unspecified atom stereocenters. The van der Waals surface area contributed by atoms with Gasteiger partial charge < -0.3 is 14.6 Å². The van der Waals surface area contributed by atoms with Gasteiger partial charge in [-0.15, -0.1) is 0 Å². The Labute approximate surface area is 193 Å². The number of aryl methyl sites for hydroxylation is 1. The standard InChI is InChI=1S/C27H27NO5/c1-3-18-9-8-10-19(15-18)32-17-25(26(29)30)28(2)27(31)33-16-24-22-13-6-4-11-20(22)21-12-5-7-14-23(21)24/h4-15,24-25H,3,16-17H2,1-2H3,(H,29,30)/t25-/m0/s1. The number of benzene rings is 3. The molecule has 3 aromatic rings. The molecule has 4 rings (SSSR count). The normalized spacial score (nSPS) is 13.0. The molecule has 0 aromatic heterocycles. The van der Waals surface area contributed by atoms with Crippen LogP contribution >= 0.6 is 0 Å². The van der Waals surface area contributed by atoms with Crippen LogP contribution < -0.4 is 4.74 Å². The summed E-state index contributed by atoms with van der Waals surface area (Å²) in [6.45, 7) is 1.98. The number of amides is 1. The van der Waals surface area contributed by atoms with Gasteiger partial charge in [-0.2, -0.15) is 0 Å². The van der Waals surface area contributed by atoms with E-state index in [1.54, 1.807) is 6.07 Å². The van der Waals surface area contributed by atoms with Gasteiger partial charge in [0.15, 0.2) is 6.04 Å². The first-order valence-electron chi connectivity index (χ1n) is 11.0. The predicted octanol–water partition coefficient (Wildman–Crippen LogP) is 4.96. The van der Waals surface area contributed by atoms with Crippen LogP contribution in [-0.2, 0) is 16.0 Å². The van der Waals surface area contributed by atoms with E-state index < -0.39 is 18.1 Å². The molecule has 0 aliphatic heterocycles. The Bertz CT molecular complexity index is 1110. The Morgan fingerprint density at radius 3 is 2.21 bits per heavy atom. The van der Waals surface area contributed by atoms with Crippen molar-refractivity contribution >= 4 is 12.1 Å². The maximum absolute atomic E-state index is 12.8. The zero-order valence-electron chi connectivity index (χ0n) is 18.7. The molecule has 0 saturated heterocycles. The molecule has 6 nitrogen and oxygen atoms in total. The second-order valence-electron chi connectivity index (χ2n) is 8.08. The number of fused-ring (bicyclic) bond motifs is 3. The largest absolute Gasteiger partial charge is 0.491 e.